The van der Waals surface area contributed by atoms with E-state index in [0.29, 0.717) is 0 Å². The van der Waals surface area contributed by atoms with Gasteiger partial charge in [0, 0.05) is 13.0 Å². The second-order valence-electron chi connectivity index (χ2n) is 4.99. The Hall–Kier alpha value is -0.600. The predicted molar refractivity (Wildman–Crippen MR) is 63.4 cm³/mol. The Balaban J connectivity index is 4.63. The zero-order chi connectivity index (χ0) is 16.7. The van der Waals surface area contributed by atoms with Crippen LogP contribution in [0.4, 0.5) is 35.1 Å². The average molecular weight is 329 g/mol. The van der Waals surface area contributed by atoms with Crippen LogP contribution in [0.25, 0.3) is 0 Å². The summed E-state index contributed by atoms with van der Waals surface area (Å²) in [6, 6.07) is 0. The SMILES string of the molecule is CN(C)CC(F)C(F)C(F)C(F)C(F)C(F)C(F)CCF. The quantitative estimate of drug-likeness (QED) is 0.556. The molecule has 0 N–H and O–H groups in total. The van der Waals surface area contributed by atoms with Gasteiger partial charge in [-0.25, -0.2) is 30.7 Å². The van der Waals surface area contributed by atoms with Crippen molar-refractivity contribution < 1.29 is 35.1 Å². The Labute approximate surface area is 118 Å². The van der Waals surface area contributed by atoms with Crippen molar-refractivity contribution in [1.29, 1.82) is 0 Å². The zero-order valence-electron chi connectivity index (χ0n) is 11.6. The molecule has 0 saturated carbocycles. The lowest BCUT2D eigenvalue weighted by Gasteiger charge is -2.26. The third kappa shape index (κ3) is 6.36. The zero-order valence-corrected chi connectivity index (χ0v) is 11.6. The molecule has 9 heteroatoms. The lowest BCUT2D eigenvalue weighted by atomic mass is 9.98. The molecular weight excluding hydrogens is 310 g/mol. The molecule has 0 heterocycles. The molecule has 0 amide bonds. The molecule has 21 heavy (non-hydrogen) atoms. The molecule has 0 aromatic heterocycles. The van der Waals surface area contributed by atoms with Crippen molar-refractivity contribution in [1.82, 2.24) is 4.90 Å². The highest BCUT2D eigenvalue weighted by molar-refractivity contribution is 4.91. The van der Waals surface area contributed by atoms with Crippen molar-refractivity contribution in [3.63, 3.8) is 0 Å². The molecule has 0 aliphatic heterocycles. The summed E-state index contributed by atoms with van der Waals surface area (Å²) in [5, 5.41) is 0. The number of rotatable bonds is 10. The fourth-order valence-corrected chi connectivity index (χ4v) is 1.64. The fourth-order valence-electron chi connectivity index (χ4n) is 1.64. The molecule has 0 aliphatic carbocycles. The van der Waals surface area contributed by atoms with Gasteiger partial charge in [-0.1, -0.05) is 0 Å². The summed E-state index contributed by atoms with van der Waals surface area (Å²) in [4.78, 5) is 1.15. The Morgan fingerprint density at radius 1 is 0.667 bits per heavy atom. The lowest BCUT2D eigenvalue weighted by Crippen LogP contribution is -2.46. The third-order valence-electron chi connectivity index (χ3n) is 2.83. The standard InChI is InChI=1S/C12H19F8N/c1-21(2)5-7(15)9(17)11(19)12(20)10(18)8(16)6(14)3-4-13/h6-12H,3-5H2,1-2H3. The van der Waals surface area contributed by atoms with E-state index < -0.39 is 62.8 Å². The summed E-state index contributed by atoms with van der Waals surface area (Å²) >= 11 is 0. The molecule has 128 valence electrons. The van der Waals surface area contributed by atoms with Crippen LogP contribution in [0.2, 0.25) is 0 Å². The van der Waals surface area contributed by atoms with Crippen LogP contribution in [-0.4, -0.2) is 75.4 Å². The minimum atomic E-state index is -3.38. The van der Waals surface area contributed by atoms with Crippen LogP contribution in [0.3, 0.4) is 0 Å². The van der Waals surface area contributed by atoms with E-state index in [1.165, 1.54) is 14.1 Å². The van der Waals surface area contributed by atoms with Gasteiger partial charge in [-0.05, 0) is 14.1 Å². The van der Waals surface area contributed by atoms with Gasteiger partial charge in [-0.15, -0.1) is 0 Å². The maximum absolute atomic E-state index is 13.3. The summed E-state index contributed by atoms with van der Waals surface area (Å²) in [6.45, 7) is -1.90. The highest BCUT2D eigenvalue weighted by Crippen LogP contribution is 2.26. The Morgan fingerprint density at radius 3 is 1.43 bits per heavy atom. The summed E-state index contributed by atoms with van der Waals surface area (Å²) in [5.41, 5.74) is 0. The van der Waals surface area contributed by atoms with Gasteiger partial charge in [0.15, 0.2) is 30.9 Å². The lowest BCUT2D eigenvalue weighted by molar-refractivity contribution is -0.0386. The Kier molecular flexibility index (Phi) is 9.15. The van der Waals surface area contributed by atoms with Crippen molar-refractivity contribution in [2.45, 2.75) is 49.6 Å². The summed E-state index contributed by atoms with van der Waals surface area (Å²) < 4.78 is 104. The van der Waals surface area contributed by atoms with E-state index in [0.717, 1.165) is 4.90 Å². The largest absolute Gasteiger partial charge is 0.306 e. The molecule has 0 aromatic carbocycles. The smallest absolute Gasteiger partial charge is 0.168 e. The van der Waals surface area contributed by atoms with Gasteiger partial charge in [0.05, 0.1) is 6.67 Å². The highest BCUT2D eigenvalue weighted by Gasteiger charge is 2.45. The van der Waals surface area contributed by atoms with Gasteiger partial charge in [-0.3, -0.25) is 4.39 Å². The number of hydrogen-bond acceptors (Lipinski definition) is 1. The van der Waals surface area contributed by atoms with E-state index in [-0.39, 0.29) is 0 Å². The van der Waals surface area contributed by atoms with Crippen LogP contribution < -0.4 is 0 Å². The summed E-state index contributed by atoms with van der Waals surface area (Å²) in [5.74, 6) is 0. The van der Waals surface area contributed by atoms with E-state index in [2.05, 4.69) is 0 Å². The monoisotopic (exact) mass is 329 g/mol. The van der Waals surface area contributed by atoms with Crippen LogP contribution in [0.15, 0.2) is 0 Å². The second kappa shape index (κ2) is 9.42. The molecule has 0 aliphatic rings. The molecule has 0 spiro atoms. The van der Waals surface area contributed by atoms with Crippen LogP contribution in [0.5, 0.6) is 0 Å². The van der Waals surface area contributed by atoms with E-state index >= 15 is 0 Å². The highest BCUT2D eigenvalue weighted by atomic mass is 19.2. The van der Waals surface area contributed by atoms with Crippen molar-refractivity contribution in [2.24, 2.45) is 0 Å². The van der Waals surface area contributed by atoms with E-state index in [1.807, 2.05) is 0 Å². The van der Waals surface area contributed by atoms with Crippen LogP contribution >= 0.6 is 0 Å². The molecule has 0 aromatic rings. The number of halogens is 8. The van der Waals surface area contributed by atoms with Crippen molar-refractivity contribution in [3.05, 3.63) is 0 Å². The van der Waals surface area contributed by atoms with Gasteiger partial charge >= 0.3 is 0 Å². The molecule has 0 saturated heterocycles. The van der Waals surface area contributed by atoms with Crippen molar-refractivity contribution >= 4 is 0 Å². The molecule has 1 nitrogen and oxygen atoms in total. The first kappa shape index (κ1) is 20.4. The van der Waals surface area contributed by atoms with Gasteiger partial charge in [0.2, 0.25) is 0 Å². The minimum absolute atomic E-state index is 0.585. The number of hydrogen-bond donors (Lipinski definition) is 0. The van der Waals surface area contributed by atoms with E-state index in [1.54, 1.807) is 0 Å². The Bertz CT molecular complexity index is 280. The molecule has 0 rings (SSSR count). The van der Waals surface area contributed by atoms with Crippen LogP contribution in [-0.2, 0) is 0 Å². The predicted octanol–water partition coefficient (Wildman–Crippen LogP) is 3.27. The summed E-state index contributed by atoms with van der Waals surface area (Å²) in [7, 11) is 2.69. The number of alkyl halides is 8. The van der Waals surface area contributed by atoms with E-state index in [9.17, 15) is 35.1 Å². The van der Waals surface area contributed by atoms with Crippen molar-refractivity contribution in [2.75, 3.05) is 27.3 Å². The molecule has 7 unspecified atom stereocenters. The maximum Gasteiger partial charge on any atom is 0.168 e. The molecule has 7 atom stereocenters. The molecule has 0 bridgehead atoms. The molecule has 0 radical (unpaired) electrons. The van der Waals surface area contributed by atoms with Gasteiger partial charge in [-0.2, -0.15) is 0 Å². The van der Waals surface area contributed by atoms with Gasteiger partial charge < -0.3 is 4.90 Å². The first-order valence-corrected chi connectivity index (χ1v) is 6.32. The topological polar surface area (TPSA) is 3.24 Å². The number of nitrogens with zero attached hydrogens (tertiary/aromatic N) is 1. The van der Waals surface area contributed by atoms with Gasteiger partial charge in [0.25, 0.3) is 0 Å². The maximum atomic E-state index is 13.3. The first-order valence-electron chi connectivity index (χ1n) is 6.32. The third-order valence-corrected chi connectivity index (χ3v) is 2.83. The normalized spacial score (nSPS) is 22.4. The molecule has 0 fully saturated rings. The summed E-state index contributed by atoms with van der Waals surface area (Å²) in [6.07, 6.45) is -22.3. The van der Waals surface area contributed by atoms with Crippen LogP contribution in [0, 0.1) is 0 Å². The average Bonchev–Trinajstić information content (AvgIpc) is 2.42. The fraction of sp³-hybridized carbons (Fsp3) is 1.00. The van der Waals surface area contributed by atoms with Crippen molar-refractivity contribution in [3.8, 4) is 0 Å². The first-order chi connectivity index (χ1) is 9.63. The second-order valence-corrected chi connectivity index (χ2v) is 4.99. The van der Waals surface area contributed by atoms with Gasteiger partial charge in [0.1, 0.15) is 12.3 Å². The van der Waals surface area contributed by atoms with E-state index in [4.69, 9.17) is 0 Å². The Morgan fingerprint density at radius 2 is 1.05 bits per heavy atom. The minimum Gasteiger partial charge on any atom is -0.306 e. The van der Waals surface area contributed by atoms with Crippen LogP contribution in [0.1, 0.15) is 6.42 Å². The molecular formula is C12H19F8N.